The summed E-state index contributed by atoms with van der Waals surface area (Å²) in [6, 6.07) is 10.3. The van der Waals surface area contributed by atoms with E-state index in [2.05, 4.69) is 50.5 Å². The molecule has 7 heteroatoms. The molecule has 3 rings (SSSR count). The number of aliphatic imine (C=N–C) groups is 1. The molecule has 0 radical (unpaired) electrons. The number of nitrogens with zero attached hydrogens (tertiary/aromatic N) is 3. The van der Waals surface area contributed by atoms with Crippen LogP contribution >= 0.6 is 35.6 Å². The standard InChI is InChI=1S/C20H28ClN5.HI/c1-15-12-16(2)26(25-15)11-5-10-23-19(22-3)24-14-20(8-9-20)17-6-4-7-18(21)13-17;/h4,6-7,12-13H,5,8-11,14H2,1-3H3,(H2,22,23,24);1H. The fraction of sp³-hybridized carbons (Fsp3) is 0.500. The minimum atomic E-state index is 0. The van der Waals surface area contributed by atoms with Gasteiger partial charge in [0.25, 0.3) is 0 Å². The Morgan fingerprint density at radius 1 is 1.26 bits per heavy atom. The molecule has 0 bridgehead atoms. The molecule has 0 aliphatic heterocycles. The molecule has 1 aromatic carbocycles. The highest BCUT2D eigenvalue weighted by Crippen LogP contribution is 2.48. The van der Waals surface area contributed by atoms with Crippen LogP contribution in [0.4, 0.5) is 0 Å². The molecule has 27 heavy (non-hydrogen) atoms. The van der Waals surface area contributed by atoms with Gasteiger partial charge >= 0.3 is 0 Å². The van der Waals surface area contributed by atoms with E-state index in [-0.39, 0.29) is 29.4 Å². The zero-order valence-corrected chi connectivity index (χ0v) is 19.3. The van der Waals surface area contributed by atoms with Crippen molar-refractivity contribution in [3.8, 4) is 0 Å². The highest BCUT2D eigenvalue weighted by atomic mass is 127. The van der Waals surface area contributed by atoms with E-state index in [4.69, 9.17) is 11.6 Å². The van der Waals surface area contributed by atoms with Crippen molar-refractivity contribution in [1.29, 1.82) is 0 Å². The SMILES string of the molecule is CN=C(NCCCn1nc(C)cc1C)NCC1(c2cccc(Cl)c2)CC1.I. The Morgan fingerprint density at radius 2 is 2.04 bits per heavy atom. The second-order valence-corrected chi connectivity index (χ2v) is 7.58. The molecule has 1 aliphatic rings. The summed E-state index contributed by atoms with van der Waals surface area (Å²) in [7, 11) is 1.81. The summed E-state index contributed by atoms with van der Waals surface area (Å²) >= 11 is 6.15. The van der Waals surface area contributed by atoms with E-state index in [0.717, 1.165) is 42.7 Å². The number of guanidine groups is 1. The number of nitrogens with one attached hydrogen (secondary N) is 2. The first-order chi connectivity index (χ1) is 12.5. The van der Waals surface area contributed by atoms with Gasteiger partial charge in [-0.15, -0.1) is 24.0 Å². The van der Waals surface area contributed by atoms with Crippen molar-refractivity contribution in [2.45, 2.75) is 45.1 Å². The maximum Gasteiger partial charge on any atom is 0.191 e. The number of aryl methyl sites for hydroxylation is 3. The summed E-state index contributed by atoms with van der Waals surface area (Å²) in [4.78, 5) is 4.34. The Bertz CT molecular complexity index is 782. The van der Waals surface area contributed by atoms with E-state index in [9.17, 15) is 0 Å². The van der Waals surface area contributed by atoms with Crippen LogP contribution in [0.25, 0.3) is 0 Å². The van der Waals surface area contributed by atoms with Crippen LogP contribution in [0.15, 0.2) is 35.3 Å². The number of rotatable bonds is 7. The van der Waals surface area contributed by atoms with Crippen LogP contribution < -0.4 is 10.6 Å². The molecule has 0 unspecified atom stereocenters. The lowest BCUT2D eigenvalue weighted by molar-refractivity contribution is 0.553. The van der Waals surface area contributed by atoms with Crippen molar-refractivity contribution in [2.24, 2.45) is 4.99 Å². The maximum atomic E-state index is 6.15. The third-order valence-electron chi connectivity index (χ3n) is 5.05. The van der Waals surface area contributed by atoms with Gasteiger partial charge in [-0.1, -0.05) is 23.7 Å². The van der Waals surface area contributed by atoms with Gasteiger partial charge in [-0.2, -0.15) is 5.10 Å². The summed E-state index contributed by atoms with van der Waals surface area (Å²) in [5, 5.41) is 12.2. The van der Waals surface area contributed by atoms with E-state index in [1.54, 1.807) is 0 Å². The Balaban J connectivity index is 0.00000261. The molecule has 5 nitrogen and oxygen atoms in total. The van der Waals surface area contributed by atoms with Crippen molar-refractivity contribution in [3.05, 3.63) is 52.3 Å². The first-order valence-electron chi connectivity index (χ1n) is 9.24. The summed E-state index contributed by atoms with van der Waals surface area (Å²) < 4.78 is 2.06. The molecule has 2 aromatic rings. The number of hydrogen-bond donors (Lipinski definition) is 2. The second kappa shape index (κ2) is 9.78. The van der Waals surface area contributed by atoms with Gasteiger partial charge in [0.05, 0.1) is 5.69 Å². The molecule has 0 amide bonds. The average Bonchev–Trinajstić information content (AvgIpc) is 3.34. The van der Waals surface area contributed by atoms with Crippen molar-refractivity contribution < 1.29 is 0 Å². The maximum absolute atomic E-state index is 6.15. The lowest BCUT2D eigenvalue weighted by Crippen LogP contribution is -2.41. The van der Waals surface area contributed by atoms with E-state index >= 15 is 0 Å². The smallest absolute Gasteiger partial charge is 0.191 e. The summed E-state index contributed by atoms with van der Waals surface area (Å²) in [6.45, 7) is 6.78. The average molecular weight is 502 g/mol. The van der Waals surface area contributed by atoms with Gasteiger partial charge in [-0.25, -0.2) is 0 Å². The highest BCUT2D eigenvalue weighted by molar-refractivity contribution is 14.0. The van der Waals surface area contributed by atoms with Crippen molar-refractivity contribution in [3.63, 3.8) is 0 Å². The summed E-state index contributed by atoms with van der Waals surface area (Å²) in [5.74, 6) is 0.853. The van der Waals surface area contributed by atoms with Crippen LogP contribution in [-0.4, -0.2) is 35.9 Å². The number of hydrogen-bond acceptors (Lipinski definition) is 2. The van der Waals surface area contributed by atoms with Gasteiger partial charge in [-0.05, 0) is 56.9 Å². The molecular weight excluding hydrogens is 473 g/mol. The van der Waals surface area contributed by atoms with Crippen LogP contribution in [0.5, 0.6) is 0 Å². The van der Waals surface area contributed by atoms with Crippen molar-refractivity contribution >= 4 is 41.5 Å². The quantitative estimate of drug-likeness (QED) is 0.260. The predicted molar refractivity (Wildman–Crippen MR) is 123 cm³/mol. The fourth-order valence-corrected chi connectivity index (χ4v) is 3.54. The van der Waals surface area contributed by atoms with E-state index in [1.807, 2.05) is 26.1 Å². The monoisotopic (exact) mass is 501 g/mol. The van der Waals surface area contributed by atoms with Gasteiger partial charge in [0, 0.05) is 42.8 Å². The largest absolute Gasteiger partial charge is 0.356 e. The first-order valence-corrected chi connectivity index (χ1v) is 9.62. The number of aromatic nitrogens is 2. The van der Waals surface area contributed by atoms with Crippen molar-refractivity contribution in [2.75, 3.05) is 20.1 Å². The Hall–Kier alpha value is -1.28. The van der Waals surface area contributed by atoms with Crippen LogP contribution in [0.3, 0.4) is 0 Å². The molecule has 0 spiro atoms. The summed E-state index contributed by atoms with van der Waals surface area (Å²) in [5.41, 5.74) is 3.80. The molecular formula is C20H29ClIN5. The lowest BCUT2D eigenvalue weighted by Gasteiger charge is -2.19. The van der Waals surface area contributed by atoms with Gasteiger partial charge in [0.2, 0.25) is 0 Å². The number of benzene rings is 1. The molecule has 1 aliphatic carbocycles. The topological polar surface area (TPSA) is 54.2 Å². The predicted octanol–water partition coefficient (Wildman–Crippen LogP) is 4.06. The minimum absolute atomic E-state index is 0. The lowest BCUT2D eigenvalue weighted by atomic mass is 9.96. The molecule has 0 atom stereocenters. The summed E-state index contributed by atoms with van der Waals surface area (Å²) in [6.07, 6.45) is 3.38. The van der Waals surface area contributed by atoms with Gasteiger partial charge < -0.3 is 10.6 Å². The Morgan fingerprint density at radius 3 is 2.63 bits per heavy atom. The molecule has 1 saturated carbocycles. The Kier molecular flexibility index (Phi) is 7.97. The van der Waals surface area contributed by atoms with Crippen molar-refractivity contribution in [1.82, 2.24) is 20.4 Å². The second-order valence-electron chi connectivity index (χ2n) is 7.15. The first kappa shape index (κ1) is 22.0. The third kappa shape index (κ3) is 5.85. The van der Waals surface area contributed by atoms with Gasteiger partial charge in [0.15, 0.2) is 5.96 Å². The molecule has 1 fully saturated rings. The zero-order chi connectivity index (χ0) is 18.6. The molecule has 1 heterocycles. The molecule has 1 aromatic heterocycles. The van der Waals surface area contributed by atoms with Crippen LogP contribution in [0.1, 0.15) is 36.2 Å². The van der Waals surface area contributed by atoms with E-state index in [1.165, 1.54) is 24.1 Å². The van der Waals surface area contributed by atoms with Gasteiger partial charge in [0.1, 0.15) is 0 Å². The molecule has 2 N–H and O–H groups in total. The fourth-order valence-electron chi connectivity index (χ4n) is 3.35. The van der Waals surface area contributed by atoms with E-state index in [0.29, 0.717) is 0 Å². The third-order valence-corrected chi connectivity index (χ3v) is 5.29. The normalized spacial score (nSPS) is 15.2. The Labute approximate surface area is 184 Å². The van der Waals surface area contributed by atoms with Crippen LogP contribution in [0.2, 0.25) is 5.02 Å². The van der Waals surface area contributed by atoms with Gasteiger partial charge in [-0.3, -0.25) is 9.67 Å². The highest BCUT2D eigenvalue weighted by Gasteiger charge is 2.44. The van der Waals surface area contributed by atoms with Crippen LogP contribution in [0, 0.1) is 13.8 Å². The molecule has 0 saturated heterocycles. The van der Waals surface area contributed by atoms with Crippen LogP contribution in [-0.2, 0) is 12.0 Å². The number of halogens is 2. The van der Waals surface area contributed by atoms with E-state index < -0.39 is 0 Å². The minimum Gasteiger partial charge on any atom is -0.356 e. The molecule has 148 valence electrons. The zero-order valence-electron chi connectivity index (χ0n) is 16.3.